The summed E-state index contributed by atoms with van der Waals surface area (Å²) in [5, 5.41) is 8.70. The van der Waals surface area contributed by atoms with E-state index in [-0.39, 0.29) is 6.03 Å². The molecule has 1 aromatic carbocycles. The summed E-state index contributed by atoms with van der Waals surface area (Å²) < 4.78 is 0. The highest BCUT2D eigenvalue weighted by atomic mass is 32.1. The highest BCUT2D eigenvalue weighted by molar-refractivity contribution is 7.09. The number of carbonyl (C=O) groups excluding carboxylic acids is 1. The fraction of sp³-hybridized carbons (Fsp3) is 0.318. The van der Waals surface area contributed by atoms with Gasteiger partial charge in [-0.2, -0.15) is 0 Å². The van der Waals surface area contributed by atoms with E-state index in [0.29, 0.717) is 13.1 Å². The van der Waals surface area contributed by atoms with Crippen molar-refractivity contribution in [2.75, 3.05) is 18.0 Å². The van der Waals surface area contributed by atoms with Crippen molar-refractivity contribution in [2.45, 2.75) is 32.4 Å². The first-order valence-corrected chi connectivity index (χ1v) is 10.9. The van der Waals surface area contributed by atoms with Gasteiger partial charge in [-0.1, -0.05) is 30.3 Å². The Balaban J connectivity index is 1.26. The number of pyridine rings is 1. The van der Waals surface area contributed by atoms with E-state index in [1.165, 1.54) is 19.3 Å². The number of aromatic nitrogens is 2. The van der Waals surface area contributed by atoms with E-state index in [1.807, 2.05) is 48.0 Å². The topological polar surface area (TPSA) is 70.2 Å². The molecule has 1 fully saturated rings. The van der Waals surface area contributed by atoms with Crippen LogP contribution in [0.3, 0.4) is 0 Å². The Morgan fingerprint density at radius 3 is 2.66 bits per heavy atom. The van der Waals surface area contributed by atoms with E-state index in [9.17, 15) is 4.79 Å². The number of anilines is 1. The number of carbonyl (C=O) groups is 1. The zero-order valence-corrected chi connectivity index (χ0v) is 17.1. The summed E-state index contributed by atoms with van der Waals surface area (Å²) in [5.41, 5.74) is 3.08. The number of thiazole rings is 1. The van der Waals surface area contributed by atoms with Crippen LogP contribution in [0.2, 0.25) is 0 Å². The molecule has 0 aliphatic carbocycles. The zero-order chi connectivity index (χ0) is 19.9. The molecule has 4 rings (SSSR count). The molecule has 0 bridgehead atoms. The number of piperidine rings is 1. The first-order valence-electron chi connectivity index (χ1n) is 9.99. The number of urea groups is 1. The van der Waals surface area contributed by atoms with Crippen molar-refractivity contribution < 1.29 is 4.79 Å². The van der Waals surface area contributed by atoms with Gasteiger partial charge in [0.1, 0.15) is 10.8 Å². The molecule has 0 unspecified atom stereocenters. The van der Waals surface area contributed by atoms with Crippen LogP contribution in [0.4, 0.5) is 10.6 Å². The summed E-state index contributed by atoms with van der Waals surface area (Å²) in [5.74, 6) is 1.00. The Hall–Kier alpha value is -2.93. The predicted octanol–water partition coefficient (Wildman–Crippen LogP) is 4.19. The van der Waals surface area contributed by atoms with Crippen molar-refractivity contribution in [2.24, 2.45) is 0 Å². The Morgan fingerprint density at radius 1 is 1.03 bits per heavy atom. The summed E-state index contributed by atoms with van der Waals surface area (Å²) >= 11 is 1.55. The first kappa shape index (κ1) is 19.4. The molecule has 3 heterocycles. The smallest absolute Gasteiger partial charge is 0.315 e. The maximum atomic E-state index is 12.2. The van der Waals surface area contributed by atoms with Gasteiger partial charge >= 0.3 is 6.03 Å². The molecule has 1 aliphatic heterocycles. The normalized spacial score (nSPS) is 13.9. The first-order chi connectivity index (χ1) is 14.3. The van der Waals surface area contributed by atoms with Crippen molar-refractivity contribution in [1.82, 2.24) is 20.6 Å². The number of rotatable bonds is 6. The van der Waals surface area contributed by atoms with Gasteiger partial charge in [0, 0.05) is 36.8 Å². The molecule has 0 saturated carbocycles. The van der Waals surface area contributed by atoms with Crippen LogP contribution in [-0.4, -0.2) is 29.1 Å². The lowest BCUT2D eigenvalue weighted by atomic mass is 10.1. The molecule has 0 spiro atoms. The molecule has 2 aromatic heterocycles. The largest absolute Gasteiger partial charge is 0.357 e. The standard InChI is InChI=1S/C22H25N5OS/c28-22(25-15-21-26-19(16-29-21)18-7-3-1-4-8-18)24-14-17-9-10-23-20(13-17)27-11-5-2-6-12-27/h1,3-4,7-10,13,16H,2,5-6,11-12,14-15H2,(H2,24,25,28). The second-order valence-corrected chi connectivity index (χ2v) is 8.04. The van der Waals surface area contributed by atoms with Gasteiger partial charge in [-0.05, 0) is 37.0 Å². The highest BCUT2D eigenvalue weighted by Crippen LogP contribution is 2.21. The van der Waals surface area contributed by atoms with E-state index in [0.717, 1.165) is 40.7 Å². The molecule has 1 saturated heterocycles. The van der Waals surface area contributed by atoms with Crippen molar-refractivity contribution in [1.29, 1.82) is 0 Å². The molecule has 2 amide bonds. The van der Waals surface area contributed by atoms with Gasteiger partial charge in [0.15, 0.2) is 0 Å². The summed E-state index contributed by atoms with van der Waals surface area (Å²) in [7, 11) is 0. The monoisotopic (exact) mass is 407 g/mol. The Bertz CT molecular complexity index is 937. The van der Waals surface area contributed by atoms with Crippen molar-refractivity contribution in [3.05, 3.63) is 64.6 Å². The number of nitrogens with zero attached hydrogens (tertiary/aromatic N) is 3. The second kappa shape index (κ2) is 9.52. The number of benzene rings is 1. The fourth-order valence-electron chi connectivity index (χ4n) is 3.40. The maximum Gasteiger partial charge on any atom is 0.315 e. The van der Waals surface area contributed by atoms with Gasteiger partial charge in [0.25, 0.3) is 0 Å². The number of nitrogens with one attached hydrogen (secondary N) is 2. The van der Waals surface area contributed by atoms with E-state index < -0.39 is 0 Å². The van der Waals surface area contributed by atoms with E-state index in [4.69, 9.17) is 0 Å². The SMILES string of the molecule is O=C(NCc1ccnc(N2CCCCC2)c1)NCc1nc(-c2ccccc2)cs1. The van der Waals surface area contributed by atoms with Crippen LogP contribution in [-0.2, 0) is 13.1 Å². The lowest BCUT2D eigenvalue weighted by Crippen LogP contribution is -2.34. The van der Waals surface area contributed by atoms with Gasteiger partial charge in [-0.3, -0.25) is 0 Å². The minimum Gasteiger partial charge on any atom is -0.357 e. The average molecular weight is 408 g/mol. The van der Waals surface area contributed by atoms with Crippen LogP contribution < -0.4 is 15.5 Å². The van der Waals surface area contributed by atoms with E-state index in [1.54, 1.807) is 11.3 Å². The number of hydrogen-bond donors (Lipinski definition) is 2. The summed E-state index contributed by atoms with van der Waals surface area (Å²) in [6, 6.07) is 13.9. The number of amides is 2. The van der Waals surface area contributed by atoms with Crippen molar-refractivity contribution in [3.63, 3.8) is 0 Å². The van der Waals surface area contributed by atoms with Crippen LogP contribution in [0.5, 0.6) is 0 Å². The van der Waals surface area contributed by atoms with Crippen molar-refractivity contribution in [3.8, 4) is 11.3 Å². The third-order valence-electron chi connectivity index (χ3n) is 4.96. The molecule has 0 radical (unpaired) electrons. The molecular formula is C22H25N5OS. The zero-order valence-electron chi connectivity index (χ0n) is 16.3. The van der Waals surface area contributed by atoms with Crippen LogP contribution in [0.25, 0.3) is 11.3 Å². The predicted molar refractivity (Wildman–Crippen MR) is 117 cm³/mol. The van der Waals surface area contributed by atoms with Crippen molar-refractivity contribution >= 4 is 23.2 Å². The lowest BCUT2D eigenvalue weighted by molar-refractivity contribution is 0.240. The Morgan fingerprint density at radius 2 is 1.83 bits per heavy atom. The maximum absolute atomic E-state index is 12.2. The minimum atomic E-state index is -0.196. The number of hydrogen-bond acceptors (Lipinski definition) is 5. The molecule has 2 N–H and O–H groups in total. The van der Waals surface area contributed by atoms with Crippen LogP contribution >= 0.6 is 11.3 Å². The summed E-state index contributed by atoms with van der Waals surface area (Å²) in [4.78, 5) is 23.6. The highest BCUT2D eigenvalue weighted by Gasteiger charge is 2.12. The van der Waals surface area contributed by atoms with Crippen LogP contribution in [0, 0.1) is 0 Å². The minimum absolute atomic E-state index is 0.196. The van der Waals surface area contributed by atoms with Gasteiger partial charge in [0.05, 0.1) is 12.2 Å². The molecule has 6 nitrogen and oxygen atoms in total. The molecule has 7 heteroatoms. The van der Waals surface area contributed by atoms with Crippen LogP contribution in [0.15, 0.2) is 54.0 Å². The summed E-state index contributed by atoms with van der Waals surface area (Å²) in [6.45, 7) is 3.01. The Kier molecular flexibility index (Phi) is 6.36. The summed E-state index contributed by atoms with van der Waals surface area (Å²) in [6.07, 6.45) is 5.55. The Labute approximate surface area is 175 Å². The molecule has 1 aliphatic rings. The molecule has 150 valence electrons. The van der Waals surface area contributed by atoms with Gasteiger partial charge in [-0.15, -0.1) is 11.3 Å². The van der Waals surface area contributed by atoms with Gasteiger partial charge in [0.2, 0.25) is 0 Å². The van der Waals surface area contributed by atoms with E-state index in [2.05, 4.69) is 31.6 Å². The molecule has 29 heavy (non-hydrogen) atoms. The van der Waals surface area contributed by atoms with Crippen LogP contribution in [0.1, 0.15) is 29.8 Å². The second-order valence-electron chi connectivity index (χ2n) is 7.10. The lowest BCUT2D eigenvalue weighted by Gasteiger charge is -2.27. The molecule has 3 aromatic rings. The van der Waals surface area contributed by atoms with Gasteiger partial charge in [-0.25, -0.2) is 14.8 Å². The quantitative estimate of drug-likeness (QED) is 0.643. The molecule has 0 atom stereocenters. The van der Waals surface area contributed by atoms with E-state index >= 15 is 0 Å². The average Bonchev–Trinajstić information content (AvgIpc) is 3.27. The molecular weight excluding hydrogens is 382 g/mol. The third-order valence-corrected chi connectivity index (χ3v) is 5.81. The van der Waals surface area contributed by atoms with Gasteiger partial charge < -0.3 is 15.5 Å². The third kappa shape index (κ3) is 5.32. The fourth-order valence-corrected chi connectivity index (χ4v) is 4.14.